The topological polar surface area (TPSA) is 63.3 Å². The number of ether oxygens (including phenoxy) is 3. The van der Waals surface area contributed by atoms with Crippen LogP contribution in [0.2, 0.25) is 0 Å². The number of carbonyl (C=O) groups is 1. The quantitative estimate of drug-likeness (QED) is 0.733. The number of benzene rings is 2. The van der Waals surface area contributed by atoms with Crippen LogP contribution >= 0.6 is 0 Å². The largest absolute Gasteiger partial charge is 0.496 e. The average Bonchev–Trinajstić information content (AvgIpc) is 2.79. The SMILES string of the molecule is COc1ccc(C)cc1CN1CCN(CC(=O)NC[C@H]2COc3ccccc3O2)CC1. The summed E-state index contributed by atoms with van der Waals surface area (Å²) < 4.78 is 17.1. The number of hydrogen-bond acceptors (Lipinski definition) is 6. The highest BCUT2D eigenvalue weighted by Crippen LogP contribution is 2.30. The van der Waals surface area contributed by atoms with E-state index in [-0.39, 0.29) is 12.0 Å². The van der Waals surface area contributed by atoms with Gasteiger partial charge in [0.1, 0.15) is 18.5 Å². The molecule has 1 amide bonds. The van der Waals surface area contributed by atoms with E-state index in [1.165, 1.54) is 11.1 Å². The predicted molar refractivity (Wildman–Crippen MR) is 119 cm³/mol. The van der Waals surface area contributed by atoms with Gasteiger partial charge in [0.2, 0.25) is 5.91 Å². The van der Waals surface area contributed by atoms with E-state index in [1.54, 1.807) is 7.11 Å². The molecule has 1 saturated heterocycles. The molecule has 0 saturated carbocycles. The second-order valence-electron chi connectivity index (χ2n) is 8.17. The van der Waals surface area contributed by atoms with Gasteiger partial charge in [-0.15, -0.1) is 0 Å². The molecule has 2 heterocycles. The Hall–Kier alpha value is -2.77. The lowest BCUT2D eigenvalue weighted by molar-refractivity contribution is -0.123. The van der Waals surface area contributed by atoms with Crippen molar-refractivity contribution in [2.24, 2.45) is 0 Å². The van der Waals surface area contributed by atoms with Crippen LogP contribution in [0, 0.1) is 6.92 Å². The Morgan fingerprint density at radius 1 is 1.10 bits per heavy atom. The number of hydrogen-bond donors (Lipinski definition) is 1. The number of para-hydroxylation sites is 2. The van der Waals surface area contributed by atoms with Gasteiger partial charge in [-0.2, -0.15) is 0 Å². The first-order chi connectivity index (χ1) is 15.1. The molecule has 2 aliphatic rings. The Morgan fingerprint density at radius 2 is 1.84 bits per heavy atom. The molecular formula is C24H31N3O4. The molecule has 7 nitrogen and oxygen atoms in total. The Labute approximate surface area is 183 Å². The third-order valence-corrected chi connectivity index (χ3v) is 5.76. The Morgan fingerprint density at radius 3 is 2.61 bits per heavy atom. The van der Waals surface area contributed by atoms with Crippen LogP contribution in [0.3, 0.4) is 0 Å². The van der Waals surface area contributed by atoms with Gasteiger partial charge < -0.3 is 19.5 Å². The van der Waals surface area contributed by atoms with Crippen molar-refractivity contribution in [2.75, 3.05) is 53.0 Å². The number of rotatable bonds is 7. The summed E-state index contributed by atoms with van der Waals surface area (Å²) in [4.78, 5) is 17.0. The third kappa shape index (κ3) is 5.68. The van der Waals surface area contributed by atoms with E-state index in [0.717, 1.165) is 50.0 Å². The number of nitrogens with one attached hydrogen (secondary N) is 1. The minimum Gasteiger partial charge on any atom is -0.496 e. The predicted octanol–water partition coefficient (Wildman–Crippen LogP) is 2.08. The van der Waals surface area contributed by atoms with E-state index in [2.05, 4.69) is 34.2 Å². The molecule has 2 aliphatic heterocycles. The van der Waals surface area contributed by atoms with Crippen molar-refractivity contribution in [3.8, 4) is 17.2 Å². The third-order valence-electron chi connectivity index (χ3n) is 5.76. The van der Waals surface area contributed by atoms with Crippen molar-refractivity contribution in [3.63, 3.8) is 0 Å². The second kappa shape index (κ2) is 10.0. The van der Waals surface area contributed by atoms with Crippen molar-refractivity contribution in [2.45, 2.75) is 19.6 Å². The van der Waals surface area contributed by atoms with Crippen LogP contribution in [0.25, 0.3) is 0 Å². The molecule has 2 aromatic rings. The minimum absolute atomic E-state index is 0.0243. The molecule has 1 fully saturated rings. The molecule has 1 N–H and O–H groups in total. The van der Waals surface area contributed by atoms with E-state index in [0.29, 0.717) is 19.7 Å². The first-order valence-electron chi connectivity index (χ1n) is 10.8. The first kappa shape index (κ1) is 21.5. The minimum atomic E-state index is -0.167. The molecular weight excluding hydrogens is 394 g/mol. The number of carbonyl (C=O) groups excluding carboxylic acids is 1. The van der Waals surface area contributed by atoms with Crippen LogP contribution in [0.4, 0.5) is 0 Å². The van der Waals surface area contributed by atoms with E-state index < -0.39 is 0 Å². The summed E-state index contributed by atoms with van der Waals surface area (Å²) in [6.45, 7) is 7.87. The summed E-state index contributed by atoms with van der Waals surface area (Å²) in [6.07, 6.45) is -0.167. The Bertz CT molecular complexity index is 896. The highest BCUT2D eigenvalue weighted by molar-refractivity contribution is 5.78. The fourth-order valence-electron chi connectivity index (χ4n) is 4.03. The highest BCUT2D eigenvalue weighted by Gasteiger charge is 2.23. The summed E-state index contributed by atoms with van der Waals surface area (Å²) >= 11 is 0. The molecule has 0 radical (unpaired) electrons. The monoisotopic (exact) mass is 425 g/mol. The fourth-order valence-corrected chi connectivity index (χ4v) is 4.03. The van der Waals surface area contributed by atoms with E-state index in [9.17, 15) is 4.79 Å². The van der Waals surface area contributed by atoms with Crippen molar-refractivity contribution >= 4 is 5.91 Å². The molecule has 2 aromatic carbocycles. The van der Waals surface area contributed by atoms with Gasteiger partial charge in [-0.25, -0.2) is 0 Å². The molecule has 1 atom stereocenters. The number of fused-ring (bicyclic) bond motifs is 1. The normalized spacial score (nSPS) is 19.1. The second-order valence-corrected chi connectivity index (χ2v) is 8.17. The van der Waals surface area contributed by atoms with Crippen LogP contribution in [0.15, 0.2) is 42.5 Å². The van der Waals surface area contributed by atoms with E-state index >= 15 is 0 Å². The van der Waals surface area contributed by atoms with Gasteiger partial charge in [-0.05, 0) is 25.1 Å². The lowest BCUT2D eigenvalue weighted by Gasteiger charge is -2.34. The Balaban J connectivity index is 1.18. The number of aryl methyl sites for hydroxylation is 1. The number of piperazine rings is 1. The van der Waals surface area contributed by atoms with Gasteiger partial charge in [0, 0.05) is 38.3 Å². The van der Waals surface area contributed by atoms with Gasteiger partial charge >= 0.3 is 0 Å². The summed E-state index contributed by atoms with van der Waals surface area (Å²) in [7, 11) is 1.72. The maximum atomic E-state index is 12.4. The van der Waals surface area contributed by atoms with Crippen molar-refractivity contribution in [3.05, 3.63) is 53.6 Å². The molecule has 0 aromatic heterocycles. The van der Waals surface area contributed by atoms with Gasteiger partial charge in [0.05, 0.1) is 20.2 Å². The van der Waals surface area contributed by atoms with Gasteiger partial charge in [0.25, 0.3) is 0 Å². The van der Waals surface area contributed by atoms with Crippen LogP contribution < -0.4 is 19.5 Å². The standard InChI is InChI=1S/C24H31N3O4/c1-18-7-8-21(29-2)19(13-18)15-26-9-11-27(12-10-26)16-24(28)25-14-20-17-30-22-5-3-4-6-23(22)31-20/h3-8,13,20H,9-12,14-17H2,1-2H3,(H,25,28)/t20-/m0/s1. The van der Waals surface area contributed by atoms with Gasteiger partial charge in [0.15, 0.2) is 11.5 Å². The summed E-state index contributed by atoms with van der Waals surface area (Å²) in [5.74, 6) is 2.45. The zero-order valence-electron chi connectivity index (χ0n) is 18.3. The summed E-state index contributed by atoms with van der Waals surface area (Å²) in [5.41, 5.74) is 2.45. The van der Waals surface area contributed by atoms with Crippen LogP contribution in [0.1, 0.15) is 11.1 Å². The van der Waals surface area contributed by atoms with Crippen LogP contribution in [-0.2, 0) is 11.3 Å². The highest BCUT2D eigenvalue weighted by atomic mass is 16.6. The number of amides is 1. The van der Waals surface area contributed by atoms with Crippen LogP contribution in [-0.4, -0.2) is 74.8 Å². The summed E-state index contributed by atoms with van der Waals surface area (Å²) in [5, 5.41) is 2.99. The van der Waals surface area contributed by atoms with Crippen molar-refractivity contribution in [1.82, 2.24) is 15.1 Å². The van der Waals surface area contributed by atoms with Crippen molar-refractivity contribution in [1.29, 1.82) is 0 Å². The molecule has 0 aliphatic carbocycles. The lowest BCUT2D eigenvalue weighted by Crippen LogP contribution is -2.50. The molecule has 166 valence electrons. The maximum Gasteiger partial charge on any atom is 0.234 e. The smallest absolute Gasteiger partial charge is 0.234 e. The molecule has 0 spiro atoms. The van der Waals surface area contributed by atoms with Gasteiger partial charge in [-0.3, -0.25) is 14.6 Å². The van der Waals surface area contributed by atoms with E-state index in [1.807, 2.05) is 30.3 Å². The van der Waals surface area contributed by atoms with Crippen LogP contribution in [0.5, 0.6) is 17.2 Å². The molecule has 7 heteroatoms. The number of methoxy groups -OCH3 is 1. The molecule has 31 heavy (non-hydrogen) atoms. The average molecular weight is 426 g/mol. The molecule has 0 bridgehead atoms. The van der Waals surface area contributed by atoms with Gasteiger partial charge in [-0.1, -0.05) is 29.8 Å². The lowest BCUT2D eigenvalue weighted by atomic mass is 10.1. The van der Waals surface area contributed by atoms with Crippen molar-refractivity contribution < 1.29 is 19.0 Å². The maximum absolute atomic E-state index is 12.4. The molecule has 4 rings (SSSR count). The summed E-state index contributed by atoms with van der Waals surface area (Å²) in [6, 6.07) is 13.9. The Kier molecular flexibility index (Phi) is 6.94. The molecule has 0 unspecified atom stereocenters. The number of nitrogens with zero attached hydrogens (tertiary/aromatic N) is 2. The fraction of sp³-hybridized carbons (Fsp3) is 0.458. The zero-order valence-corrected chi connectivity index (χ0v) is 18.3. The first-order valence-corrected chi connectivity index (χ1v) is 10.8. The van der Waals surface area contributed by atoms with E-state index in [4.69, 9.17) is 14.2 Å². The zero-order chi connectivity index (χ0) is 21.6.